The van der Waals surface area contributed by atoms with E-state index in [2.05, 4.69) is 15.3 Å². The Kier molecular flexibility index (Phi) is 3.13. The zero-order valence-electron chi connectivity index (χ0n) is 12.1. The number of nitrogens with zero attached hydrogens (tertiary/aromatic N) is 5. The highest BCUT2D eigenvalue weighted by Crippen LogP contribution is 2.23. The number of rotatable bonds is 3. The molecule has 0 saturated carbocycles. The van der Waals surface area contributed by atoms with Crippen molar-refractivity contribution in [1.29, 1.82) is 0 Å². The Labute approximate surface area is 130 Å². The fourth-order valence-corrected chi connectivity index (χ4v) is 2.63. The molecule has 0 spiro atoms. The number of fused-ring (bicyclic) bond motifs is 3. The summed E-state index contributed by atoms with van der Waals surface area (Å²) in [6, 6.07) is 11.5. The van der Waals surface area contributed by atoms with Crippen molar-refractivity contribution in [3.63, 3.8) is 0 Å². The molecule has 3 heterocycles. The highest BCUT2D eigenvalue weighted by molar-refractivity contribution is 5.82. The minimum atomic E-state index is -0.289. The second kappa shape index (κ2) is 5.29. The van der Waals surface area contributed by atoms with Gasteiger partial charge in [0.2, 0.25) is 0 Å². The molecule has 0 atom stereocenters. The van der Waals surface area contributed by atoms with Gasteiger partial charge in [0.15, 0.2) is 11.2 Å². The van der Waals surface area contributed by atoms with Crippen LogP contribution in [0.3, 0.4) is 0 Å². The summed E-state index contributed by atoms with van der Waals surface area (Å²) in [4.78, 5) is 12.3. The zero-order valence-corrected chi connectivity index (χ0v) is 12.1. The molecule has 4 aromatic rings. The lowest BCUT2D eigenvalue weighted by Crippen LogP contribution is -2.23. The molecule has 0 amide bonds. The van der Waals surface area contributed by atoms with Crippen LogP contribution in [-0.4, -0.2) is 36.1 Å². The van der Waals surface area contributed by atoms with Gasteiger partial charge in [0.05, 0.1) is 12.8 Å². The van der Waals surface area contributed by atoms with Gasteiger partial charge >= 0.3 is 0 Å². The van der Waals surface area contributed by atoms with Crippen molar-refractivity contribution in [2.45, 2.75) is 6.54 Å². The number of benzene rings is 1. The van der Waals surface area contributed by atoms with Crippen molar-refractivity contribution < 1.29 is 5.11 Å². The van der Waals surface area contributed by atoms with Gasteiger partial charge in [-0.05, 0) is 11.6 Å². The van der Waals surface area contributed by atoms with Crippen molar-refractivity contribution in [3.05, 3.63) is 59.1 Å². The first-order valence-corrected chi connectivity index (χ1v) is 7.19. The molecule has 0 radical (unpaired) electrons. The standard InChI is InChI=1S/C16H13N5O2/c22-9-8-20-7-6-13-14(16(20)23)18-19-15-12(10-17-21(13)15)11-4-2-1-3-5-11/h1-7,10,22H,8-9H2. The first-order chi connectivity index (χ1) is 11.3. The monoisotopic (exact) mass is 307 g/mol. The molecule has 1 N–H and O–H groups in total. The van der Waals surface area contributed by atoms with E-state index >= 15 is 0 Å². The normalized spacial score (nSPS) is 11.3. The van der Waals surface area contributed by atoms with Crippen molar-refractivity contribution in [2.24, 2.45) is 0 Å². The summed E-state index contributed by atoms with van der Waals surface area (Å²) >= 11 is 0. The lowest BCUT2D eigenvalue weighted by Gasteiger charge is -2.05. The Morgan fingerprint density at radius 3 is 2.70 bits per heavy atom. The highest BCUT2D eigenvalue weighted by atomic mass is 16.3. The van der Waals surface area contributed by atoms with Crippen LogP contribution in [0.4, 0.5) is 0 Å². The van der Waals surface area contributed by atoms with Crippen LogP contribution in [0, 0.1) is 0 Å². The molecular weight excluding hydrogens is 294 g/mol. The van der Waals surface area contributed by atoms with Crippen LogP contribution in [0.15, 0.2) is 53.6 Å². The van der Waals surface area contributed by atoms with E-state index in [4.69, 9.17) is 5.11 Å². The van der Waals surface area contributed by atoms with Crippen molar-refractivity contribution in [1.82, 2.24) is 24.4 Å². The minimum Gasteiger partial charge on any atom is -0.395 e. The topological polar surface area (TPSA) is 85.3 Å². The van der Waals surface area contributed by atoms with Crippen LogP contribution in [0.5, 0.6) is 0 Å². The molecule has 0 aliphatic rings. The third-order valence-corrected chi connectivity index (χ3v) is 3.76. The maximum absolute atomic E-state index is 12.3. The van der Waals surface area contributed by atoms with E-state index < -0.39 is 0 Å². The summed E-state index contributed by atoms with van der Waals surface area (Å²) in [5.74, 6) is 0. The van der Waals surface area contributed by atoms with E-state index in [1.807, 2.05) is 30.3 Å². The van der Waals surface area contributed by atoms with Crippen LogP contribution in [0.25, 0.3) is 27.8 Å². The van der Waals surface area contributed by atoms with Crippen molar-refractivity contribution in [3.8, 4) is 11.1 Å². The Balaban J connectivity index is 1.99. The van der Waals surface area contributed by atoms with Crippen LogP contribution in [0.2, 0.25) is 0 Å². The summed E-state index contributed by atoms with van der Waals surface area (Å²) in [6.45, 7) is 0.115. The third kappa shape index (κ3) is 2.09. The maximum Gasteiger partial charge on any atom is 0.280 e. The van der Waals surface area contributed by atoms with E-state index in [9.17, 15) is 4.79 Å². The largest absolute Gasteiger partial charge is 0.395 e. The Morgan fingerprint density at radius 2 is 1.91 bits per heavy atom. The summed E-state index contributed by atoms with van der Waals surface area (Å²) in [7, 11) is 0. The number of aliphatic hydroxyl groups is 1. The molecular formula is C16H13N5O2. The number of aromatic nitrogens is 5. The van der Waals surface area contributed by atoms with Gasteiger partial charge in [-0.2, -0.15) is 5.10 Å². The van der Waals surface area contributed by atoms with Gasteiger partial charge in [0.25, 0.3) is 5.56 Å². The minimum absolute atomic E-state index is 0.110. The van der Waals surface area contributed by atoms with Crippen LogP contribution < -0.4 is 5.56 Å². The number of hydrogen-bond donors (Lipinski definition) is 1. The van der Waals surface area contributed by atoms with Crippen LogP contribution >= 0.6 is 0 Å². The first kappa shape index (κ1) is 13.6. The zero-order chi connectivity index (χ0) is 15.8. The predicted molar refractivity (Wildman–Crippen MR) is 85.1 cm³/mol. The predicted octanol–water partition coefficient (Wildman–Crippen LogP) is 1.10. The Bertz CT molecular complexity index is 1050. The van der Waals surface area contributed by atoms with Gasteiger partial charge in [-0.15, -0.1) is 10.2 Å². The van der Waals surface area contributed by atoms with E-state index in [-0.39, 0.29) is 24.2 Å². The quantitative estimate of drug-likeness (QED) is 0.612. The highest BCUT2D eigenvalue weighted by Gasteiger charge is 2.13. The molecule has 1 aromatic carbocycles. The molecule has 0 fully saturated rings. The van der Waals surface area contributed by atoms with Crippen molar-refractivity contribution in [2.75, 3.05) is 6.61 Å². The Morgan fingerprint density at radius 1 is 1.09 bits per heavy atom. The molecule has 0 unspecified atom stereocenters. The Hall–Kier alpha value is -3.06. The van der Waals surface area contributed by atoms with E-state index in [1.165, 1.54) is 4.57 Å². The molecule has 4 rings (SSSR count). The molecule has 0 aliphatic heterocycles. The van der Waals surface area contributed by atoms with E-state index in [0.717, 1.165) is 11.1 Å². The summed E-state index contributed by atoms with van der Waals surface area (Å²) in [6.07, 6.45) is 3.35. The molecule has 7 heteroatoms. The summed E-state index contributed by atoms with van der Waals surface area (Å²) < 4.78 is 3.03. The fraction of sp³-hybridized carbons (Fsp3) is 0.125. The summed E-state index contributed by atoms with van der Waals surface area (Å²) in [5, 5.41) is 21.6. The first-order valence-electron chi connectivity index (χ1n) is 7.19. The van der Waals surface area contributed by atoms with Crippen molar-refractivity contribution >= 4 is 16.7 Å². The van der Waals surface area contributed by atoms with Gasteiger partial charge in [-0.3, -0.25) is 4.79 Å². The smallest absolute Gasteiger partial charge is 0.280 e. The summed E-state index contributed by atoms with van der Waals surface area (Å²) in [5.41, 5.74) is 2.99. The number of hydrogen-bond acceptors (Lipinski definition) is 5. The van der Waals surface area contributed by atoms with Gasteiger partial charge in [0.1, 0.15) is 5.52 Å². The fourth-order valence-electron chi connectivity index (χ4n) is 2.63. The molecule has 23 heavy (non-hydrogen) atoms. The molecule has 0 saturated heterocycles. The molecule has 0 bridgehead atoms. The molecule has 114 valence electrons. The van der Waals surface area contributed by atoms with Crippen LogP contribution in [0.1, 0.15) is 0 Å². The average Bonchev–Trinajstić information content (AvgIpc) is 3.02. The lowest BCUT2D eigenvalue weighted by molar-refractivity contribution is 0.274. The van der Waals surface area contributed by atoms with Gasteiger partial charge in [0, 0.05) is 18.3 Å². The van der Waals surface area contributed by atoms with E-state index in [0.29, 0.717) is 11.2 Å². The van der Waals surface area contributed by atoms with Crippen LogP contribution in [-0.2, 0) is 6.54 Å². The second-order valence-electron chi connectivity index (χ2n) is 5.13. The molecule has 0 aliphatic carbocycles. The second-order valence-corrected chi connectivity index (χ2v) is 5.13. The SMILES string of the molecule is O=c1c2nnc3c(-c4ccccc4)cnn3c2ccn1CCO. The van der Waals surface area contributed by atoms with Gasteiger partial charge < -0.3 is 9.67 Å². The van der Waals surface area contributed by atoms with E-state index in [1.54, 1.807) is 23.0 Å². The number of pyridine rings is 1. The average molecular weight is 307 g/mol. The number of aliphatic hydroxyl groups excluding tert-OH is 1. The molecule has 7 nitrogen and oxygen atoms in total. The molecule has 3 aromatic heterocycles. The van der Waals surface area contributed by atoms with Gasteiger partial charge in [-0.1, -0.05) is 30.3 Å². The third-order valence-electron chi connectivity index (χ3n) is 3.76. The maximum atomic E-state index is 12.3. The van der Waals surface area contributed by atoms with Gasteiger partial charge in [-0.25, -0.2) is 4.52 Å². The lowest BCUT2D eigenvalue weighted by atomic mass is 10.1.